The molecule has 0 amide bonds. The molecule has 0 radical (unpaired) electrons. The van der Waals surface area contributed by atoms with E-state index in [0.29, 0.717) is 13.1 Å². The molecule has 0 saturated heterocycles. The van der Waals surface area contributed by atoms with Crippen molar-refractivity contribution in [3.63, 3.8) is 0 Å². The Morgan fingerprint density at radius 2 is 2.06 bits per heavy atom. The fourth-order valence-corrected chi connectivity index (χ4v) is 2.36. The van der Waals surface area contributed by atoms with Crippen molar-refractivity contribution in [3.05, 3.63) is 29.3 Å². The highest BCUT2D eigenvalue weighted by Crippen LogP contribution is 2.39. The summed E-state index contributed by atoms with van der Waals surface area (Å²) < 4.78 is 38.9. The highest BCUT2D eigenvalue weighted by molar-refractivity contribution is 6.66. The predicted molar refractivity (Wildman–Crippen MR) is 62.5 cm³/mol. The number of nitrogens with zero attached hydrogens (tertiary/aromatic N) is 3. The smallest absolute Gasteiger partial charge is 0.299 e. The normalized spacial score (nSPS) is 18.1. The van der Waals surface area contributed by atoms with Gasteiger partial charge in [-0.2, -0.15) is 13.2 Å². The van der Waals surface area contributed by atoms with Crippen LogP contribution in [0.15, 0.2) is 28.2 Å². The second kappa shape index (κ2) is 3.71. The molecule has 0 aliphatic carbocycles. The Labute approximate surface area is 106 Å². The van der Waals surface area contributed by atoms with Gasteiger partial charge in [-0.1, -0.05) is 6.07 Å². The minimum absolute atomic E-state index is 0.0203. The van der Waals surface area contributed by atoms with Crippen LogP contribution in [0.1, 0.15) is 11.1 Å². The summed E-state index contributed by atoms with van der Waals surface area (Å²) >= 11 is 5.93. The van der Waals surface area contributed by atoms with E-state index in [2.05, 4.69) is 9.98 Å². The maximum absolute atomic E-state index is 13.0. The lowest BCUT2D eigenvalue weighted by Crippen LogP contribution is -2.35. The van der Waals surface area contributed by atoms with Gasteiger partial charge in [0.25, 0.3) is 0 Å². The number of halogens is 4. The molecule has 0 aromatic heterocycles. The lowest BCUT2D eigenvalue weighted by Gasteiger charge is -2.26. The van der Waals surface area contributed by atoms with E-state index < -0.39 is 11.7 Å². The quantitative estimate of drug-likeness (QED) is 0.668. The number of hydrogen-bond acceptors (Lipinski definition) is 3. The molecule has 1 aromatic carbocycles. The zero-order valence-electron chi connectivity index (χ0n) is 9.00. The first-order chi connectivity index (χ1) is 8.48. The first kappa shape index (κ1) is 11.5. The van der Waals surface area contributed by atoms with Gasteiger partial charge in [0.1, 0.15) is 5.84 Å². The number of alkyl halides is 3. The summed E-state index contributed by atoms with van der Waals surface area (Å²) in [5, 5.41) is 0.165. The molecule has 0 atom stereocenters. The van der Waals surface area contributed by atoms with Gasteiger partial charge >= 0.3 is 6.18 Å². The maximum Gasteiger partial charge on any atom is 0.417 e. The lowest BCUT2D eigenvalue weighted by molar-refractivity contribution is -0.137. The Morgan fingerprint density at radius 3 is 2.78 bits per heavy atom. The highest BCUT2D eigenvalue weighted by atomic mass is 35.5. The fourth-order valence-electron chi connectivity index (χ4n) is 2.11. The molecule has 0 N–H and O–H groups in total. The standard InChI is InChI=1S/C11H7ClF3N3/c12-10-17-7-3-1-2-6(11(13,14)15)8(7)9-16-4-5-18(9)10/h1-3H,4-5H2. The van der Waals surface area contributed by atoms with Gasteiger partial charge in [0, 0.05) is 6.54 Å². The van der Waals surface area contributed by atoms with E-state index >= 15 is 0 Å². The van der Waals surface area contributed by atoms with Crippen molar-refractivity contribution in [1.82, 2.24) is 4.90 Å². The minimum Gasteiger partial charge on any atom is -0.299 e. The summed E-state index contributed by atoms with van der Waals surface area (Å²) in [4.78, 5) is 9.59. The average Bonchev–Trinajstić information content (AvgIpc) is 2.76. The third kappa shape index (κ3) is 1.59. The van der Waals surface area contributed by atoms with Crippen molar-refractivity contribution >= 4 is 28.4 Å². The molecule has 2 heterocycles. The first-order valence-electron chi connectivity index (χ1n) is 5.25. The van der Waals surface area contributed by atoms with Crippen LogP contribution in [0, 0.1) is 0 Å². The molecule has 2 aliphatic heterocycles. The second-order valence-electron chi connectivity index (χ2n) is 3.94. The molecule has 0 spiro atoms. The molecule has 7 heteroatoms. The molecule has 94 valence electrons. The zero-order valence-corrected chi connectivity index (χ0v) is 9.76. The number of rotatable bonds is 0. The van der Waals surface area contributed by atoms with Crippen molar-refractivity contribution in [2.75, 3.05) is 13.1 Å². The number of amidine groups is 2. The summed E-state index contributed by atoms with van der Waals surface area (Å²) in [5.74, 6) is 0.262. The van der Waals surface area contributed by atoms with Gasteiger partial charge in [0.15, 0.2) is 0 Å². The van der Waals surface area contributed by atoms with E-state index in [1.807, 2.05) is 0 Å². The Balaban J connectivity index is 2.28. The first-order valence-corrected chi connectivity index (χ1v) is 5.63. The molecule has 0 fully saturated rings. The molecule has 18 heavy (non-hydrogen) atoms. The summed E-state index contributed by atoms with van der Waals surface area (Å²) in [6.45, 7) is 0.885. The molecule has 0 unspecified atom stereocenters. The van der Waals surface area contributed by atoms with Gasteiger partial charge in [-0.3, -0.25) is 9.89 Å². The summed E-state index contributed by atoms with van der Waals surface area (Å²) in [6, 6.07) is 3.86. The van der Waals surface area contributed by atoms with Crippen LogP contribution >= 0.6 is 11.6 Å². The van der Waals surface area contributed by atoms with Crippen LogP contribution in [-0.4, -0.2) is 29.1 Å². The van der Waals surface area contributed by atoms with Gasteiger partial charge in [0.05, 0.1) is 23.4 Å². The average molecular weight is 274 g/mol. The van der Waals surface area contributed by atoms with E-state index in [0.717, 1.165) is 6.07 Å². The van der Waals surface area contributed by atoms with Crippen LogP contribution in [-0.2, 0) is 6.18 Å². The molecule has 3 nitrogen and oxygen atoms in total. The second-order valence-corrected chi connectivity index (χ2v) is 4.27. The van der Waals surface area contributed by atoms with Gasteiger partial charge in [-0.05, 0) is 23.7 Å². The number of fused-ring (bicyclic) bond motifs is 3. The molecule has 0 saturated carbocycles. The van der Waals surface area contributed by atoms with E-state index in [-0.39, 0.29) is 22.4 Å². The Morgan fingerprint density at radius 1 is 1.28 bits per heavy atom. The highest BCUT2D eigenvalue weighted by Gasteiger charge is 2.39. The van der Waals surface area contributed by atoms with Gasteiger partial charge < -0.3 is 0 Å². The van der Waals surface area contributed by atoms with Crippen molar-refractivity contribution in [2.45, 2.75) is 6.18 Å². The van der Waals surface area contributed by atoms with Crippen molar-refractivity contribution in [2.24, 2.45) is 9.98 Å². The topological polar surface area (TPSA) is 28.0 Å². The Hall–Kier alpha value is -1.56. The van der Waals surface area contributed by atoms with Gasteiger partial charge in [-0.25, -0.2) is 4.99 Å². The van der Waals surface area contributed by atoms with Crippen LogP contribution in [0.4, 0.5) is 18.9 Å². The Bertz CT molecular complexity index is 577. The molecule has 1 aromatic rings. The van der Waals surface area contributed by atoms with Crippen molar-refractivity contribution < 1.29 is 13.2 Å². The molecule has 2 aliphatic rings. The van der Waals surface area contributed by atoms with Crippen LogP contribution in [0.3, 0.4) is 0 Å². The van der Waals surface area contributed by atoms with E-state index in [9.17, 15) is 13.2 Å². The van der Waals surface area contributed by atoms with Crippen molar-refractivity contribution in [3.8, 4) is 0 Å². The van der Waals surface area contributed by atoms with E-state index in [1.165, 1.54) is 17.0 Å². The number of aliphatic imine (C=N–C) groups is 2. The third-order valence-electron chi connectivity index (χ3n) is 2.85. The fraction of sp³-hybridized carbons (Fsp3) is 0.273. The largest absolute Gasteiger partial charge is 0.417 e. The minimum atomic E-state index is -4.43. The van der Waals surface area contributed by atoms with E-state index in [4.69, 9.17) is 11.6 Å². The van der Waals surface area contributed by atoms with Gasteiger partial charge in [-0.15, -0.1) is 0 Å². The SMILES string of the molecule is FC(F)(F)c1cccc2c1C1=NCCN1C(Cl)=N2. The summed E-state index contributed by atoms with van der Waals surface area (Å²) in [7, 11) is 0. The van der Waals surface area contributed by atoms with E-state index in [1.54, 1.807) is 0 Å². The summed E-state index contributed by atoms with van der Waals surface area (Å²) in [5.41, 5.74) is -0.489. The molecular formula is C11H7ClF3N3. The maximum atomic E-state index is 13.0. The van der Waals surface area contributed by atoms with Crippen LogP contribution < -0.4 is 0 Å². The monoisotopic (exact) mass is 273 g/mol. The van der Waals surface area contributed by atoms with Crippen LogP contribution in [0.25, 0.3) is 0 Å². The zero-order chi connectivity index (χ0) is 12.9. The molecule has 3 rings (SSSR count). The third-order valence-corrected chi connectivity index (χ3v) is 3.14. The van der Waals surface area contributed by atoms with Gasteiger partial charge in [0.2, 0.25) is 5.29 Å². The van der Waals surface area contributed by atoms with Crippen molar-refractivity contribution in [1.29, 1.82) is 0 Å². The number of benzene rings is 1. The van der Waals surface area contributed by atoms with Crippen LogP contribution in [0.2, 0.25) is 0 Å². The molecular weight excluding hydrogens is 267 g/mol. The predicted octanol–water partition coefficient (Wildman–Crippen LogP) is 3.01. The van der Waals surface area contributed by atoms with Crippen LogP contribution in [0.5, 0.6) is 0 Å². The lowest BCUT2D eigenvalue weighted by atomic mass is 10.0. The number of hydrogen-bond donors (Lipinski definition) is 0. The molecule has 0 bridgehead atoms. The Kier molecular flexibility index (Phi) is 2.38. The summed E-state index contributed by atoms with van der Waals surface area (Å²) in [6.07, 6.45) is -4.43.